The van der Waals surface area contributed by atoms with Gasteiger partial charge >= 0.3 is 11.9 Å². The number of carbonyl (C=O) groups is 1. The molecule has 106 valence electrons. The van der Waals surface area contributed by atoms with Gasteiger partial charge in [-0.05, 0) is 17.4 Å². The number of nitrogens with one attached hydrogen (secondary N) is 1. The molecule has 0 radical (unpaired) electrons. The Bertz CT molecular complexity index is 434. The van der Waals surface area contributed by atoms with Crippen molar-refractivity contribution in [2.45, 2.75) is 38.3 Å². The van der Waals surface area contributed by atoms with Gasteiger partial charge in [-0.2, -0.15) is 8.78 Å². The Morgan fingerprint density at radius 2 is 2.32 bits per heavy atom. The fourth-order valence-electron chi connectivity index (χ4n) is 2.15. The lowest BCUT2D eigenvalue weighted by Gasteiger charge is -2.22. The Morgan fingerprint density at radius 1 is 1.58 bits per heavy atom. The maximum atomic E-state index is 13.0. The number of rotatable bonds is 5. The molecule has 0 spiro atoms. The summed E-state index contributed by atoms with van der Waals surface area (Å²) in [5.41, 5.74) is 0. The number of esters is 1. The second kappa shape index (κ2) is 5.54. The standard InChI is InChI=1S/C13H17F2NO2S/c1-8(2)11(10-4-3-5-19-10)16-7-9-6-13(14,15)12(17)18-9/h3-5,8-9,11,16H,6-7H2,1-2H3. The van der Waals surface area contributed by atoms with Crippen molar-refractivity contribution in [1.82, 2.24) is 5.32 Å². The smallest absolute Gasteiger partial charge is 0.377 e. The van der Waals surface area contributed by atoms with E-state index in [-0.39, 0.29) is 12.6 Å². The van der Waals surface area contributed by atoms with Crippen LogP contribution in [0.3, 0.4) is 0 Å². The van der Waals surface area contributed by atoms with Crippen molar-refractivity contribution in [3.63, 3.8) is 0 Å². The summed E-state index contributed by atoms with van der Waals surface area (Å²) in [6.07, 6.45) is -1.28. The average Bonchev–Trinajstić information content (AvgIpc) is 2.88. The Balaban J connectivity index is 1.92. The lowest BCUT2D eigenvalue weighted by molar-refractivity contribution is -0.159. The van der Waals surface area contributed by atoms with Crippen LogP contribution >= 0.6 is 11.3 Å². The molecule has 0 saturated carbocycles. The summed E-state index contributed by atoms with van der Waals surface area (Å²) < 4.78 is 30.8. The van der Waals surface area contributed by atoms with Gasteiger partial charge in [0.2, 0.25) is 0 Å². The second-order valence-electron chi connectivity index (χ2n) is 5.08. The fraction of sp³-hybridized carbons (Fsp3) is 0.615. The summed E-state index contributed by atoms with van der Waals surface area (Å²) in [5.74, 6) is -4.41. The largest absolute Gasteiger partial charge is 0.456 e. The highest BCUT2D eigenvalue weighted by atomic mass is 32.1. The van der Waals surface area contributed by atoms with Gasteiger partial charge in [-0.3, -0.25) is 0 Å². The molecular weight excluding hydrogens is 272 g/mol. The highest BCUT2D eigenvalue weighted by Crippen LogP contribution is 2.31. The van der Waals surface area contributed by atoms with Gasteiger partial charge in [0, 0.05) is 17.5 Å². The minimum atomic E-state index is -3.33. The van der Waals surface area contributed by atoms with E-state index in [0.29, 0.717) is 5.92 Å². The molecule has 2 unspecified atom stereocenters. The van der Waals surface area contributed by atoms with E-state index in [1.54, 1.807) is 11.3 Å². The van der Waals surface area contributed by atoms with Gasteiger partial charge < -0.3 is 10.1 Å². The minimum absolute atomic E-state index is 0.0907. The quantitative estimate of drug-likeness (QED) is 0.847. The van der Waals surface area contributed by atoms with Crippen molar-refractivity contribution < 1.29 is 18.3 Å². The summed E-state index contributed by atoms with van der Waals surface area (Å²) in [6.45, 7) is 4.38. The molecule has 2 atom stereocenters. The third-order valence-electron chi connectivity index (χ3n) is 3.14. The first-order chi connectivity index (χ1) is 8.90. The molecule has 2 rings (SSSR count). The summed E-state index contributed by atoms with van der Waals surface area (Å²) in [7, 11) is 0. The zero-order valence-corrected chi connectivity index (χ0v) is 11.7. The maximum Gasteiger partial charge on any atom is 0.377 e. The van der Waals surface area contributed by atoms with E-state index in [1.165, 1.54) is 0 Å². The van der Waals surface area contributed by atoms with Gasteiger partial charge in [0.1, 0.15) is 6.10 Å². The van der Waals surface area contributed by atoms with Crippen molar-refractivity contribution in [2.75, 3.05) is 6.54 Å². The van der Waals surface area contributed by atoms with Crippen LogP contribution in [0.4, 0.5) is 8.78 Å². The lowest BCUT2D eigenvalue weighted by atomic mass is 10.0. The van der Waals surface area contributed by atoms with Gasteiger partial charge in [0.05, 0.1) is 6.42 Å². The maximum absolute atomic E-state index is 13.0. The van der Waals surface area contributed by atoms with Crippen LogP contribution in [0.2, 0.25) is 0 Å². The number of hydrogen-bond acceptors (Lipinski definition) is 4. The molecule has 3 nitrogen and oxygen atoms in total. The van der Waals surface area contributed by atoms with Crippen LogP contribution in [0.1, 0.15) is 31.2 Å². The molecule has 0 aromatic carbocycles. The predicted molar refractivity (Wildman–Crippen MR) is 69.3 cm³/mol. The molecule has 0 amide bonds. The average molecular weight is 289 g/mol. The van der Waals surface area contributed by atoms with Crippen LogP contribution in [0.15, 0.2) is 17.5 Å². The van der Waals surface area contributed by atoms with Gasteiger partial charge in [-0.15, -0.1) is 11.3 Å². The molecule has 0 aliphatic carbocycles. The number of halogens is 2. The Labute approximate surface area is 115 Å². The molecule has 2 heterocycles. The molecule has 0 bridgehead atoms. The monoisotopic (exact) mass is 289 g/mol. The Hall–Kier alpha value is -1.01. The van der Waals surface area contributed by atoms with Crippen LogP contribution in [0.5, 0.6) is 0 Å². The van der Waals surface area contributed by atoms with Gasteiger partial charge in [-0.1, -0.05) is 19.9 Å². The molecule has 1 aliphatic heterocycles. The third-order valence-corrected chi connectivity index (χ3v) is 4.09. The van der Waals surface area contributed by atoms with Crippen molar-refractivity contribution in [3.05, 3.63) is 22.4 Å². The number of cyclic esters (lactones) is 1. The van der Waals surface area contributed by atoms with E-state index >= 15 is 0 Å². The first-order valence-electron chi connectivity index (χ1n) is 6.26. The van der Waals surface area contributed by atoms with E-state index in [9.17, 15) is 13.6 Å². The molecule has 1 N–H and O–H groups in total. The summed E-state index contributed by atoms with van der Waals surface area (Å²) in [6, 6.07) is 4.06. The SMILES string of the molecule is CC(C)C(NCC1CC(F)(F)C(=O)O1)c1cccs1. The van der Waals surface area contributed by atoms with Gasteiger partial charge in [0.25, 0.3) is 0 Å². The highest BCUT2D eigenvalue weighted by Gasteiger charge is 2.50. The van der Waals surface area contributed by atoms with E-state index in [0.717, 1.165) is 4.88 Å². The molecule has 1 aromatic rings. The molecule has 1 aliphatic rings. The fourth-order valence-corrected chi connectivity index (χ4v) is 3.13. The molecule has 6 heteroatoms. The van der Waals surface area contributed by atoms with E-state index in [4.69, 9.17) is 0 Å². The van der Waals surface area contributed by atoms with Crippen molar-refractivity contribution in [2.24, 2.45) is 5.92 Å². The molecular formula is C13H17F2NO2S. The first kappa shape index (κ1) is 14.4. The molecule has 19 heavy (non-hydrogen) atoms. The summed E-state index contributed by atoms with van der Waals surface area (Å²) >= 11 is 1.62. The van der Waals surface area contributed by atoms with E-state index in [1.807, 2.05) is 17.5 Å². The number of hydrogen-bond donors (Lipinski definition) is 1. The minimum Gasteiger partial charge on any atom is -0.456 e. The Morgan fingerprint density at radius 3 is 2.79 bits per heavy atom. The number of alkyl halides is 2. The van der Waals surface area contributed by atoms with Gasteiger partial charge in [0.15, 0.2) is 0 Å². The van der Waals surface area contributed by atoms with Crippen molar-refractivity contribution in [1.29, 1.82) is 0 Å². The van der Waals surface area contributed by atoms with Crippen molar-refractivity contribution >= 4 is 17.3 Å². The molecule has 1 saturated heterocycles. The zero-order chi connectivity index (χ0) is 14.0. The van der Waals surface area contributed by atoms with Crippen LogP contribution in [-0.4, -0.2) is 24.5 Å². The van der Waals surface area contributed by atoms with E-state index in [2.05, 4.69) is 23.9 Å². The number of thiophene rings is 1. The topological polar surface area (TPSA) is 38.3 Å². The van der Waals surface area contributed by atoms with Crippen LogP contribution in [0.25, 0.3) is 0 Å². The summed E-state index contributed by atoms with van der Waals surface area (Å²) in [5, 5.41) is 5.20. The Kier molecular flexibility index (Phi) is 4.20. The predicted octanol–water partition coefficient (Wildman–Crippen LogP) is 2.99. The van der Waals surface area contributed by atoms with Gasteiger partial charge in [-0.25, -0.2) is 4.79 Å². The zero-order valence-electron chi connectivity index (χ0n) is 10.9. The number of ether oxygens (including phenoxy) is 1. The second-order valence-corrected chi connectivity index (χ2v) is 6.06. The van der Waals surface area contributed by atoms with E-state index < -0.39 is 24.4 Å². The molecule has 1 fully saturated rings. The normalized spacial score (nSPS) is 23.6. The highest BCUT2D eigenvalue weighted by molar-refractivity contribution is 7.10. The third kappa shape index (κ3) is 3.30. The number of carbonyl (C=O) groups excluding carboxylic acids is 1. The van der Waals surface area contributed by atoms with Crippen LogP contribution in [0, 0.1) is 5.92 Å². The first-order valence-corrected chi connectivity index (χ1v) is 7.14. The lowest BCUT2D eigenvalue weighted by Crippen LogP contribution is -2.32. The van der Waals surface area contributed by atoms with Crippen molar-refractivity contribution in [3.8, 4) is 0 Å². The van der Waals surface area contributed by atoms with Crippen LogP contribution < -0.4 is 5.32 Å². The summed E-state index contributed by atoms with van der Waals surface area (Å²) in [4.78, 5) is 12.1. The molecule has 1 aromatic heterocycles. The van der Waals surface area contributed by atoms with Crippen LogP contribution in [-0.2, 0) is 9.53 Å².